The van der Waals surface area contributed by atoms with Gasteiger partial charge in [-0.1, -0.05) is 18.3 Å². The number of anilines is 1. The van der Waals surface area contributed by atoms with E-state index in [2.05, 4.69) is 20.4 Å². The number of nitrogens with zero attached hydrogens (tertiary/aromatic N) is 3. The number of aryl methyl sites for hydroxylation is 1. The summed E-state index contributed by atoms with van der Waals surface area (Å²) in [5.41, 5.74) is 0. The third-order valence-electron chi connectivity index (χ3n) is 3.44. The Kier molecular flexibility index (Phi) is 5.87. The summed E-state index contributed by atoms with van der Waals surface area (Å²) in [5.74, 6) is 0.623. The molecule has 0 unspecified atom stereocenters. The Hall–Kier alpha value is -1.05. The van der Waals surface area contributed by atoms with Crippen LogP contribution >= 0.6 is 11.3 Å². The molecule has 1 aromatic rings. The van der Waals surface area contributed by atoms with E-state index in [4.69, 9.17) is 4.74 Å². The summed E-state index contributed by atoms with van der Waals surface area (Å²) in [6.07, 6.45) is 2.51. The van der Waals surface area contributed by atoms with Crippen LogP contribution in [0.4, 0.5) is 5.13 Å². The molecule has 2 heterocycles. The largest absolute Gasteiger partial charge is 0.384 e. The Morgan fingerprint density at radius 3 is 3.10 bits per heavy atom. The lowest BCUT2D eigenvalue weighted by atomic mass is 10.1. The first-order valence-electron chi connectivity index (χ1n) is 7.04. The Bertz CT molecular complexity index is 438. The predicted octanol–water partition coefficient (Wildman–Crippen LogP) is 1.40. The molecular formula is C13H22N4O2S. The summed E-state index contributed by atoms with van der Waals surface area (Å²) < 4.78 is 5.17. The molecule has 1 fully saturated rings. The van der Waals surface area contributed by atoms with Gasteiger partial charge in [-0.05, 0) is 25.3 Å². The molecule has 20 heavy (non-hydrogen) atoms. The molecule has 0 bridgehead atoms. The van der Waals surface area contributed by atoms with E-state index in [1.165, 1.54) is 11.3 Å². The molecule has 7 heteroatoms. The van der Waals surface area contributed by atoms with Crippen molar-refractivity contribution in [2.75, 3.05) is 38.7 Å². The van der Waals surface area contributed by atoms with Gasteiger partial charge in [-0.2, -0.15) is 0 Å². The lowest BCUT2D eigenvalue weighted by molar-refractivity contribution is -0.116. The highest BCUT2D eigenvalue weighted by Gasteiger charge is 2.22. The van der Waals surface area contributed by atoms with Crippen molar-refractivity contribution in [2.45, 2.75) is 26.2 Å². The molecule has 1 aromatic heterocycles. The van der Waals surface area contributed by atoms with E-state index in [1.807, 2.05) is 6.92 Å². The van der Waals surface area contributed by atoms with Gasteiger partial charge in [0.1, 0.15) is 5.01 Å². The summed E-state index contributed by atoms with van der Waals surface area (Å²) in [5, 5.41) is 12.3. The average molecular weight is 298 g/mol. The smallest absolute Gasteiger partial charge is 0.227 e. The summed E-state index contributed by atoms with van der Waals surface area (Å²) in [6, 6.07) is 0. The lowest BCUT2D eigenvalue weighted by Gasteiger charge is -2.15. The van der Waals surface area contributed by atoms with Gasteiger partial charge in [0.15, 0.2) is 0 Å². The molecule has 1 aliphatic heterocycles. The second kappa shape index (κ2) is 7.66. The Balaban J connectivity index is 1.68. The molecule has 0 aliphatic carbocycles. The van der Waals surface area contributed by atoms with Gasteiger partial charge < -0.3 is 15.0 Å². The molecule has 0 radical (unpaired) electrons. The molecule has 1 saturated heterocycles. The maximum Gasteiger partial charge on any atom is 0.227 e. The zero-order chi connectivity index (χ0) is 14.4. The molecule has 112 valence electrons. The molecule has 1 aliphatic rings. The predicted molar refractivity (Wildman–Crippen MR) is 79.0 cm³/mol. The summed E-state index contributed by atoms with van der Waals surface area (Å²) in [6.45, 7) is 5.72. The van der Waals surface area contributed by atoms with E-state index in [0.717, 1.165) is 44.1 Å². The molecule has 1 N–H and O–H groups in total. The number of carbonyl (C=O) groups excluding carboxylic acids is 1. The van der Waals surface area contributed by atoms with Gasteiger partial charge in [-0.3, -0.25) is 4.79 Å². The van der Waals surface area contributed by atoms with Crippen molar-refractivity contribution >= 4 is 22.4 Å². The number of likely N-dealkylation sites (tertiary alicyclic amines) is 1. The van der Waals surface area contributed by atoms with E-state index in [9.17, 15) is 4.79 Å². The minimum Gasteiger partial charge on any atom is -0.384 e. The van der Waals surface area contributed by atoms with Gasteiger partial charge in [-0.25, -0.2) is 0 Å². The van der Waals surface area contributed by atoms with E-state index in [1.54, 1.807) is 7.11 Å². The van der Waals surface area contributed by atoms with Gasteiger partial charge in [0, 0.05) is 26.6 Å². The van der Waals surface area contributed by atoms with Crippen LogP contribution in [0.1, 0.15) is 24.8 Å². The number of methoxy groups -OCH3 is 1. The maximum atomic E-state index is 11.9. The van der Waals surface area contributed by atoms with Crippen LogP contribution in [0.5, 0.6) is 0 Å². The zero-order valence-electron chi connectivity index (χ0n) is 12.1. The lowest BCUT2D eigenvalue weighted by Crippen LogP contribution is -2.26. The number of nitrogens with one attached hydrogen (secondary N) is 1. The second-order valence-corrected chi connectivity index (χ2v) is 6.13. The van der Waals surface area contributed by atoms with Gasteiger partial charge in [0.25, 0.3) is 0 Å². The fourth-order valence-electron chi connectivity index (χ4n) is 2.38. The van der Waals surface area contributed by atoms with Gasteiger partial charge in [-0.15, -0.1) is 10.2 Å². The first kappa shape index (κ1) is 15.3. The summed E-state index contributed by atoms with van der Waals surface area (Å²) >= 11 is 1.44. The van der Waals surface area contributed by atoms with Crippen LogP contribution < -0.4 is 5.32 Å². The highest BCUT2D eigenvalue weighted by atomic mass is 32.1. The molecule has 6 nitrogen and oxygen atoms in total. The molecule has 0 spiro atoms. The Morgan fingerprint density at radius 1 is 1.55 bits per heavy atom. The van der Waals surface area contributed by atoms with Crippen LogP contribution in [0.15, 0.2) is 0 Å². The molecule has 0 saturated carbocycles. The number of amides is 1. The number of hydrogen-bond donors (Lipinski definition) is 1. The van der Waals surface area contributed by atoms with E-state index in [0.29, 0.717) is 17.5 Å². The van der Waals surface area contributed by atoms with Crippen molar-refractivity contribution in [1.29, 1.82) is 0 Å². The van der Waals surface area contributed by atoms with E-state index in [-0.39, 0.29) is 5.91 Å². The maximum absolute atomic E-state index is 11.9. The average Bonchev–Trinajstić information content (AvgIpc) is 3.06. The van der Waals surface area contributed by atoms with Gasteiger partial charge >= 0.3 is 0 Å². The molecule has 1 amide bonds. The topological polar surface area (TPSA) is 67.4 Å². The van der Waals surface area contributed by atoms with E-state index < -0.39 is 0 Å². The van der Waals surface area contributed by atoms with Crippen LogP contribution in [0.25, 0.3) is 0 Å². The Labute approximate surface area is 123 Å². The monoisotopic (exact) mass is 298 g/mol. The summed E-state index contributed by atoms with van der Waals surface area (Å²) in [7, 11) is 1.74. The van der Waals surface area contributed by atoms with E-state index >= 15 is 0 Å². The van der Waals surface area contributed by atoms with Gasteiger partial charge in [0.05, 0.1) is 6.61 Å². The number of aromatic nitrogens is 2. The van der Waals surface area contributed by atoms with Crippen molar-refractivity contribution in [3.63, 3.8) is 0 Å². The SMILES string of the molecule is CCc1nnc(NC(=O)CCN2CC[C@H](COC)C2)s1. The van der Waals surface area contributed by atoms with Crippen molar-refractivity contribution in [2.24, 2.45) is 5.92 Å². The quantitative estimate of drug-likeness (QED) is 0.824. The van der Waals surface area contributed by atoms with Crippen molar-refractivity contribution in [3.8, 4) is 0 Å². The number of carbonyl (C=O) groups is 1. The van der Waals surface area contributed by atoms with Crippen LogP contribution in [-0.4, -0.2) is 54.4 Å². The van der Waals surface area contributed by atoms with Crippen molar-refractivity contribution in [3.05, 3.63) is 5.01 Å². The van der Waals surface area contributed by atoms with Gasteiger partial charge in [0.2, 0.25) is 11.0 Å². The molecule has 2 rings (SSSR count). The molecule has 1 atom stereocenters. The molecular weight excluding hydrogens is 276 g/mol. The fourth-order valence-corrected chi connectivity index (χ4v) is 3.07. The van der Waals surface area contributed by atoms with Crippen molar-refractivity contribution in [1.82, 2.24) is 15.1 Å². The van der Waals surface area contributed by atoms with Crippen LogP contribution in [0, 0.1) is 5.92 Å². The van der Waals surface area contributed by atoms with Crippen LogP contribution in [0.3, 0.4) is 0 Å². The third-order valence-corrected chi connectivity index (χ3v) is 4.43. The second-order valence-electron chi connectivity index (χ2n) is 5.06. The summed E-state index contributed by atoms with van der Waals surface area (Å²) in [4.78, 5) is 14.2. The van der Waals surface area contributed by atoms with Crippen LogP contribution in [-0.2, 0) is 16.0 Å². The fraction of sp³-hybridized carbons (Fsp3) is 0.769. The minimum absolute atomic E-state index is 0.0130. The number of ether oxygens (including phenoxy) is 1. The Morgan fingerprint density at radius 2 is 2.40 bits per heavy atom. The first-order valence-corrected chi connectivity index (χ1v) is 7.86. The number of hydrogen-bond acceptors (Lipinski definition) is 6. The normalized spacial score (nSPS) is 19.4. The standard InChI is InChI=1S/C13H22N4O2S/c1-3-12-15-16-13(20-12)14-11(18)5-7-17-6-4-10(8-17)9-19-2/h10H,3-9H2,1-2H3,(H,14,16,18)/t10-/m0/s1. The van der Waals surface area contributed by atoms with Crippen molar-refractivity contribution < 1.29 is 9.53 Å². The first-order chi connectivity index (χ1) is 9.71. The highest BCUT2D eigenvalue weighted by molar-refractivity contribution is 7.15. The van der Waals surface area contributed by atoms with Crippen LogP contribution in [0.2, 0.25) is 0 Å². The minimum atomic E-state index is 0.0130. The third kappa shape index (κ3) is 4.50. The molecule has 0 aromatic carbocycles. The number of rotatable bonds is 7. The highest BCUT2D eigenvalue weighted by Crippen LogP contribution is 2.17. The zero-order valence-corrected chi connectivity index (χ0v) is 12.9.